The lowest BCUT2D eigenvalue weighted by molar-refractivity contribution is 0.422. The summed E-state index contributed by atoms with van der Waals surface area (Å²) in [6, 6.07) is 12.3. The monoisotopic (exact) mass is 296 g/mol. The van der Waals surface area contributed by atoms with Crippen LogP contribution in [0.15, 0.2) is 58.1 Å². The molecule has 0 amide bonds. The minimum absolute atomic E-state index is 0.434. The Balaban J connectivity index is 1.56. The van der Waals surface area contributed by atoms with Gasteiger partial charge in [-0.25, -0.2) is 0 Å². The highest BCUT2D eigenvalue weighted by atomic mass is 16.5. The molecule has 0 saturated heterocycles. The fraction of sp³-hybridized carbons (Fsp3) is 0.294. The van der Waals surface area contributed by atoms with Gasteiger partial charge in [0.2, 0.25) is 0 Å². The molecule has 1 aliphatic rings. The van der Waals surface area contributed by atoms with E-state index in [4.69, 9.17) is 4.52 Å². The van der Waals surface area contributed by atoms with Crippen molar-refractivity contribution in [2.24, 2.45) is 4.99 Å². The summed E-state index contributed by atoms with van der Waals surface area (Å²) in [4.78, 5) is 4.24. The Morgan fingerprint density at radius 3 is 2.77 bits per heavy atom. The molecule has 2 N–H and O–H groups in total. The molecule has 0 saturated carbocycles. The largest absolute Gasteiger partial charge is 0.356 e. The molecule has 1 aliphatic carbocycles. The van der Waals surface area contributed by atoms with Crippen molar-refractivity contribution in [1.29, 1.82) is 0 Å². The van der Waals surface area contributed by atoms with E-state index in [0.717, 1.165) is 35.8 Å². The Kier molecular flexibility index (Phi) is 4.53. The van der Waals surface area contributed by atoms with Crippen LogP contribution in [0.25, 0.3) is 11.3 Å². The van der Waals surface area contributed by atoms with E-state index in [0.29, 0.717) is 12.6 Å². The highest BCUT2D eigenvalue weighted by Gasteiger charge is 2.12. The molecular weight excluding hydrogens is 276 g/mol. The molecule has 22 heavy (non-hydrogen) atoms. The Hall–Kier alpha value is -2.56. The molecule has 0 aliphatic heterocycles. The zero-order valence-corrected chi connectivity index (χ0v) is 12.6. The van der Waals surface area contributed by atoms with Crippen LogP contribution in [-0.4, -0.2) is 24.2 Å². The first kappa shape index (κ1) is 14.4. The fourth-order valence-electron chi connectivity index (χ4n) is 2.43. The van der Waals surface area contributed by atoms with Gasteiger partial charge in [0.25, 0.3) is 0 Å². The van der Waals surface area contributed by atoms with Gasteiger partial charge < -0.3 is 15.2 Å². The normalized spacial score (nSPS) is 15.2. The summed E-state index contributed by atoms with van der Waals surface area (Å²) in [6.45, 7) is 0.580. The summed E-state index contributed by atoms with van der Waals surface area (Å²) >= 11 is 0. The van der Waals surface area contributed by atoms with Gasteiger partial charge in [0.1, 0.15) is 5.69 Å². The van der Waals surface area contributed by atoms with Crippen LogP contribution in [0.2, 0.25) is 0 Å². The predicted octanol–water partition coefficient (Wildman–Crippen LogP) is 2.73. The maximum absolute atomic E-state index is 5.39. The van der Waals surface area contributed by atoms with Crippen LogP contribution >= 0.6 is 0 Å². The molecule has 0 fully saturated rings. The smallest absolute Gasteiger partial charge is 0.191 e. The molecule has 2 aromatic rings. The van der Waals surface area contributed by atoms with Gasteiger partial charge in [0, 0.05) is 24.7 Å². The molecule has 0 unspecified atom stereocenters. The van der Waals surface area contributed by atoms with Crippen molar-refractivity contribution in [2.75, 3.05) is 7.05 Å². The Morgan fingerprint density at radius 1 is 1.27 bits per heavy atom. The summed E-state index contributed by atoms with van der Waals surface area (Å²) in [6.07, 6.45) is 6.47. The minimum atomic E-state index is 0.434. The van der Waals surface area contributed by atoms with E-state index in [2.05, 4.69) is 32.9 Å². The van der Waals surface area contributed by atoms with Gasteiger partial charge in [-0.3, -0.25) is 4.99 Å². The van der Waals surface area contributed by atoms with E-state index in [9.17, 15) is 0 Å². The van der Waals surface area contributed by atoms with Crippen molar-refractivity contribution in [3.05, 3.63) is 54.2 Å². The number of nitrogens with one attached hydrogen (secondary N) is 2. The molecule has 0 spiro atoms. The number of hydrogen-bond acceptors (Lipinski definition) is 3. The minimum Gasteiger partial charge on any atom is -0.356 e. The standard InChI is InChI=1S/C17H20N4O/c1-18-17(20-14-9-5-6-10-14)19-12-15-11-16(22-21-15)13-7-3-2-4-8-13/h2-8,11,14H,9-10,12H2,1H3,(H2,18,19,20). The maximum atomic E-state index is 5.39. The summed E-state index contributed by atoms with van der Waals surface area (Å²) in [5, 5.41) is 10.8. The van der Waals surface area contributed by atoms with Crippen LogP contribution in [0.3, 0.4) is 0 Å². The van der Waals surface area contributed by atoms with Crippen molar-refractivity contribution >= 4 is 5.96 Å². The summed E-state index contributed by atoms with van der Waals surface area (Å²) in [5.41, 5.74) is 1.88. The molecule has 5 heteroatoms. The third-order valence-electron chi connectivity index (χ3n) is 3.63. The predicted molar refractivity (Wildman–Crippen MR) is 87.4 cm³/mol. The van der Waals surface area contributed by atoms with Crippen LogP contribution in [-0.2, 0) is 6.54 Å². The van der Waals surface area contributed by atoms with Gasteiger partial charge >= 0.3 is 0 Å². The van der Waals surface area contributed by atoms with Gasteiger partial charge in [-0.2, -0.15) is 0 Å². The van der Waals surface area contributed by atoms with Crippen LogP contribution in [0.4, 0.5) is 0 Å². The first-order valence-electron chi connectivity index (χ1n) is 7.48. The Morgan fingerprint density at radius 2 is 2.05 bits per heavy atom. The highest BCUT2D eigenvalue weighted by Crippen LogP contribution is 2.19. The van der Waals surface area contributed by atoms with Crippen molar-refractivity contribution in [3.63, 3.8) is 0 Å². The van der Waals surface area contributed by atoms with E-state index in [1.165, 1.54) is 0 Å². The molecule has 3 rings (SSSR count). The molecule has 0 bridgehead atoms. The zero-order valence-electron chi connectivity index (χ0n) is 12.6. The maximum Gasteiger partial charge on any atom is 0.191 e. The Bertz CT molecular complexity index is 652. The Labute approximate surface area is 130 Å². The van der Waals surface area contributed by atoms with E-state index in [1.54, 1.807) is 7.05 Å². The second-order valence-corrected chi connectivity index (χ2v) is 5.26. The number of rotatable bonds is 4. The van der Waals surface area contributed by atoms with Crippen LogP contribution in [0, 0.1) is 0 Å². The van der Waals surface area contributed by atoms with E-state index < -0.39 is 0 Å². The van der Waals surface area contributed by atoms with Crippen LogP contribution in [0.5, 0.6) is 0 Å². The van der Waals surface area contributed by atoms with Crippen LogP contribution < -0.4 is 10.6 Å². The quantitative estimate of drug-likeness (QED) is 0.517. The van der Waals surface area contributed by atoms with Gasteiger partial charge in [0.15, 0.2) is 11.7 Å². The molecule has 114 valence electrons. The number of aliphatic imine (C=N–C) groups is 1. The third kappa shape index (κ3) is 3.55. The van der Waals surface area contributed by atoms with Crippen molar-refractivity contribution in [2.45, 2.75) is 25.4 Å². The molecule has 1 heterocycles. The molecule has 1 aromatic heterocycles. The summed E-state index contributed by atoms with van der Waals surface area (Å²) in [5.74, 6) is 1.57. The summed E-state index contributed by atoms with van der Waals surface area (Å²) in [7, 11) is 1.77. The van der Waals surface area contributed by atoms with Gasteiger partial charge in [-0.15, -0.1) is 0 Å². The van der Waals surface area contributed by atoms with E-state index in [1.807, 2.05) is 36.4 Å². The number of aromatic nitrogens is 1. The van der Waals surface area contributed by atoms with Gasteiger partial charge in [0.05, 0.1) is 6.54 Å². The SMILES string of the molecule is CN=C(NCc1cc(-c2ccccc2)on1)NC1CC=CC1. The van der Waals surface area contributed by atoms with Gasteiger partial charge in [-0.05, 0) is 12.8 Å². The van der Waals surface area contributed by atoms with Crippen molar-refractivity contribution < 1.29 is 4.52 Å². The number of benzene rings is 1. The first-order chi connectivity index (χ1) is 10.8. The first-order valence-corrected chi connectivity index (χ1v) is 7.48. The average Bonchev–Trinajstić information content (AvgIpc) is 3.24. The molecule has 0 radical (unpaired) electrons. The lowest BCUT2D eigenvalue weighted by atomic mass is 10.2. The lowest BCUT2D eigenvalue weighted by Crippen LogP contribution is -2.42. The molecule has 0 atom stereocenters. The lowest BCUT2D eigenvalue weighted by Gasteiger charge is -2.16. The third-order valence-corrected chi connectivity index (χ3v) is 3.63. The second-order valence-electron chi connectivity index (χ2n) is 5.26. The summed E-state index contributed by atoms with van der Waals surface area (Å²) < 4.78 is 5.39. The average molecular weight is 296 g/mol. The van der Waals surface area contributed by atoms with Gasteiger partial charge in [-0.1, -0.05) is 47.6 Å². The van der Waals surface area contributed by atoms with Crippen molar-refractivity contribution in [1.82, 2.24) is 15.8 Å². The second kappa shape index (κ2) is 6.93. The number of guanidine groups is 1. The molecular formula is C17H20N4O. The molecule has 5 nitrogen and oxygen atoms in total. The fourth-order valence-corrected chi connectivity index (χ4v) is 2.43. The van der Waals surface area contributed by atoms with Crippen molar-refractivity contribution in [3.8, 4) is 11.3 Å². The molecule has 1 aromatic carbocycles. The number of nitrogens with zero attached hydrogens (tertiary/aromatic N) is 2. The zero-order chi connectivity index (χ0) is 15.2. The van der Waals surface area contributed by atoms with E-state index >= 15 is 0 Å². The van der Waals surface area contributed by atoms with Crippen LogP contribution in [0.1, 0.15) is 18.5 Å². The number of hydrogen-bond donors (Lipinski definition) is 2. The highest BCUT2D eigenvalue weighted by molar-refractivity contribution is 5.80. The topological polar surface area (TPSA) is 62.5 Å². The van der Waals surface area contributed by atoms with E-state index in [-0.39, 0.29) is 0 Å².